The molecule has 2 aromatic rings. The molecule has 1 aromatic heterocycles. The van der Waals surface area contributed by atoms with E-state index in [-0.39, 0.29) is 5.54 Å². The van der Waals surface area contributed by atoms with Gasteiger partial charge in [0.15, 0.2) is 0 Å². The molecule has 4 nitrogen and oxygen atoms in total. The van der Waals surface area contributed by atoms with E-state index in [0.29, 0.717) is 0 Å². The molecule has 0 aliphatic heterocycles. The van der Waals surface area contributed by atoms with Crippen molar-refractivity contribution < 1.29 is 4.74 Å². The van der Waals surface area contributed by atoms with Crippen molar-refractivity contribution in [2.45, 2.75) is 18.4 Å². The average molecular weight is 308 g/mol. The van der Waals surface area contributed by atoms with Crippen molar-refractivity contribution in [3.63, 3.8) is 0 Å². The second kappa shape index (κ2) is 4.10. The molecule has 0 unspecified atom stereocenters. The fourth-order valence-electron chi connectivity index (χ4n) is 1.93. The van der Waals surface area contributed by atoms with Gasteiger partial charge in [-0.2, -0.15) is 0 Å². The third kappa shape index (κ3) is 1.93. The molecule has 0 bridgehead atoms. The summed E-state index contributed by atoms with van der Waals surface area (Å²) in [6, 6.07) is 5.93. The molecule has 94 valence electrons. The summed E-state index contributed by atoms with van der Waals surface area (Å²) in [5.74, 6) is 1.69. The number of H-pyrrole nitrogens is 1. The van der Waals surface area contributed by atoms with Gasteiger partial charge in [-0.3, -0.25) is 0 Å². The first-order valence-corrected chi connectivity index (χ1v) is 6.60. The zero-order valence-corrected chi connectivity index (χ0v) is 11.6. The molecular formula is C13H14BrN3O. The summed E-state index contributed by atoms with van der Waals surface area (Å²) >= 11 is 3.48. The van der Waals surface area contributed by atoms with Gasteiger partial charge in [0, 0.05) is 5.56 Å². The van der Waals surface area contributed by atoms with Gasteiger partial charge in [0.1, 0.15) is 11.6 Å². The molecular weight excluding hydrogens is 294 g/mol. The highest BCUT2D eigenvalue weighted by Crippen LogP contribution is 2.41. The second-order valence-corrected chi connectivity index (χ2v) is 5.51. The molecule has 1 aliphatic carbocycles. The fraction of sp³-hybridized carbons (Fsp3) is 0.308. The Balaban J connectivity index is 1.95. The van der Waals surface area contributed by atoms with E-state index in [1.165, 1.54) is 0 Å². The lowest BCUT2D eigenvalue weighted by atomic mass is 10.1. The topological polar surface area (TPSA) is 63.9 Å². The SMILES string of the molecule is COc1ccc(-c2cnc(C3(N)CC3)[nH]2)cc1Br. The lowest BCUT2D eigenvalue weighted by Gasteiger charge is -2.05. The molecule has 0 atom stereocenters. The highest BCUT2D eigenvalue weighted by atomic mass is 79.9. The van der Waals surface area contributed by atoms with Crippen LogP contribution in [0, 0.1) is 0 Å². The Kier molecular flexibility index (Phi) is 2.68. The van der Waals surface area contributed by atoms with E-state index in [0.717, 1.165) is 40.1 Å². The van der Waals surface area contributed by atoms with Crippen LogP contribution in [0.5, 0.6) is 5.75 Å². The molecule has 1 fully saturated rings. The first-order chi connectivity index (χ1) is 8.62. The van der Waals surface area contributed by atoms with E-state index in [1.54, 1.807) is 7.11 Å². The zero-order chi connectivity index (χ0) is 12.8. The molecule has 18 heavy (non-hydrogen) atoms. The number of nitrogens with one attached hydrogen (secondary N) is 1. The fourth-order valence-corrected chi connectivity index (χ4v) is 2.47. The highest BCUT2D eigenvalue weighted by molar-refractivity contribution is 9.10. The van der Waals surface area contributed by atoms with Crippen LogP contribution in [-0.4, -0.2) is 17.1 Å². The van der Waals surface area contributed by atoms with E-state index in [9.17, 15) is 0 Å². The molecule has 3 N–H and O–H groups in total. The van der Waals surface area contributed by atoms with E-state index in [4.69, 9.17) is 10.5 Å². The van der Waals surface area contributed by atoms with Crippen LogP contribution in [0.4, 0.5) is 0 Å². The smallest absolute Gasteiger partial charge is 0.133 e. The van der Waals surface area contributed by atoms with Gasteiger partial charge in [0.2, 0.25) is 0 Å². The van der Waals surface area contributed by atoms with Crippen LogP contribution in [0.25, 0.3) is 11.3 Å². The molecule has 0 spiro atoms. The first kappa shape index (κ1) is 11.7. The second-order valence-electron chi connectivity index (χ2n) is 4.65. The van der Waals surface area contributed by atoms with E-state index in [1.807, 2.05) is 24.4 Å². The van der Waals surface area contributed by atoms with Crippen molar-refractivity contribution in [2.24, 2.45) is 5.73 Å². The van der Waals surface area contributed by atoms with Crippen molar-refractivity contribution in [1.29, 1.82) is 0 Å². The van der Waals surface area contributed by atoms with E-state index >= 15 is 0 Å². The number of rotatable bonds is 3. The van der Waals surface area contributed by atoms with Gasteiger partial charge >= 0.3 is 0 Å². The lowest BCUT2D eigenvalue weighted by Crippen LogP contribution is -2.20. The highest BCUT2D eigenvalue weighted by Gasteiger charge is 2.42. The number of aromatic amines is 1. The minimum Gasteiger partial charge on any atom is -0.496 e. The molecule has 0 saturated heterocycles. The lowest BCUT2D eigenvalue weighted by molar-refractivity contribution is 0.412. The summed E-state index contributed by atoms with van der Waals surface area (Å²) in [6.07, 6.45) is 3.84. The predicted molar refractivity (Wildman–Crippen MR) is 73.4 cm³/mol. The molecule has 3 rings (SSSR count). The Morgan fingerprint density at radius 3 is 2.83 bits per heavy atom. The number of methoxy groups -OCH3 is 1. The van der Waals surface area contributed by atoms with Crippen molar-refractivity contribution in [1.82, 2.24) is 9.97 Å². The van der Waals surface area contributed by atoms with E-state index in [2.05, 4.69) is 25.9 Å². The van der Waals surface area contributed by atoms with Crippen LogP contribution in [-0.2, 0) is 5.54 Å². The molecule has 0 radical (unpaired) electrons. The number of nitrogens with zero attached hydrogens (tertiary/aromatic N) is 1. The quantitative estimate of drug-likeness (QED) is 0.916. The number of nitrogens with two attached hydrogens (primary N) is 1. The van der Waals surface area contributed by atoms with E-state index < -0.39 is 0 Å². The van der Waals surface area contributed by atoms with Gasteiger partial charge in [-0.05, 0) is 47.0 Å². The number of benzene rings is 1. The number of aromatic nitrogens is 2. The molecule has 1 heterocycles. The maximum atomic E-state index is 6.11. The third-order valence-electron chi connectivity index (χ3n) is 3.30. The summed E-state index contributed by atoms with van der Waals surface area (Å²) < 4.78 is 6.14. The average Bonchev–Trinajstić information content (AvgIpc) is 2.94. The molecule has 1 saturated carbocycles. The summed E-state index contributed by atoms with van der Waals surface area (Å²) in [6.45, 7) is 0. The number of halogens is 1. The van der Waals surface area contributed by atoms with Gasteiger partial charge in [-0.15, -0.1) is 0 Å². The van der Waals surface area contributed by atoms with Crippen LogP contribution in [0.3, 0.4) is 0 Å². The molecule has 0 amide bonds. The maximum Gasteiger partial charge on any atom is 0.133 e. The van der Waals surface area contributed by atoms with Gasteiger partial charge in [-0.25, -0.2) is 4.98 Å². The summed E-state index contributed by atoms with van der Waals surface area (Å²) in [4.78, 5) is 7.67. The number of hydrogen-bond acceptors (Lipinski definition) is 3. The zero-order valence-electron chi connectivity index (χ0n) is 10.0. The van der Waals surface area contributed by atoms with Crippen LogP contribution >= 0.6 is 15.9 Å². The minimum atomic E-state index is -0.220. The Morgan fingerprint density at radius 2 is 2.22 bits per heavy atom. The summed E-state index contributed by atoms with van der Waals surface area (Å²) in [5.41, 5.74) is 7.93. The summed E-state index contributed by atoms with van der Waals surface area (Å²) in [5, 5.41) is 0. The summed E-state index contributed by atoms with van der Waals surface area (Å²) in [7, 11) is 1.65. The van der Waals surface area contributed by atoms with Crippen molar-refractivity contribution in [2.75, 3.05) is 7.11 Å². The molecule has 5 heteroatoms. The molecule has 1 aromatic carbocycles. The normalized spacial score (nSPS) is 16.6. The van der Waals surface area contributed by atoms with Gasteiger partial charge in [0.25, 0.3) is 0 Å². The maximum absolute atomic E-state index is 6.11. The number of ether oxygens (including phenoxy) is 1. The Hall–Kier alpha value is -1.33. The van der Waals surface area contributed by atoms with Gasteiger partial charge in [0.05, 0.1) is 29.0 Å². The monoisotopic (exact) mass is 307 g/mol. The van der Waals surface area contributed by atoms with Crippen LogP contribution < -0.4 is 10.5 Å². The predicted octanol–water partition coefficient (Wildman–Crippen LogP) is 2.80. The number of hydrogen-bond donors (Lipinski definition) is 2. The van der Waals surface area contributed by atoms with Crippen molar-refractivity contribution >= 4 is 15.9 Å². The van der Waals surface area contributed by atoms with Gasteiger partial charge in [-0.1, -0.05) is 0 Å². The Labute approximate surface area is 114 Å². The Morgan fingerprint density at radius 1 is 1.44 bits per heavy atom. The van der Waals surface area contributed by atoms with Gasteiger partial charge < -0.3 is 15.5 Å². The Bertz CT molecular complexity index is 590. The minimum absolute atomic E-state index is 0.220. The largest absolute Gasteiger partial charge is 0.496 e. The van der Waals surface area contributed by atoms with Crippen molar-refractivity contribution in [3.05, 3.63) is 34.7 Å². The van der Waals surface area contributed by atoms with Crippen molar-refractivity contribution in [3.8, 4) is 17.0 Å². The molecule has 1 aliphatic rings. The van der Waals surface area contributed by atoms with Crippen LogP contribution in [0.2, 0.25) is 0 Å². The third-order valence-corrected chi connectivity index (χ3v) is 3.92. The van der Waals surface area contributed by atoms with Crippen LogP contribution in [0.1, 0.15) is 18.7 Å². The standard InChI is InChI=1S/C13H14BrN3O/c1-18-11-3-2-8(6-9(11)14)10-7-16-12(17-10)13(15)4-5-13/h2-3,6-7H,4-5,15H2,1H3,(H,16,17). The first-order valence-electron chi connectivity index (χ1n) is 5.81. The number of imidazole rings is 1. The van der Waals surface area contributed by atoms with Crippen LogP contribution in [0.15, 0.2) is 28.9 Å².